The Labute approximate surface area is 136 Å². The van der Waals surface area contributed by atoms with Crippen molar-refractivity contribution in [3.63, 3.8) is 0 Å². The van der Waals surface area contributed by atoms with E-state index >= 15 is 0 Å². The summed E-state index contributed by atoms with van der Waals surface area (Å²) in [6.45, 7) is 0.0761. The summed E-state index contributed by atoms with van der Waals surface area (Å²) in [7, 11) is 0.653. The van der Waals surface area contributed by atoms with Crippen LogP contribution >= 0.6 is 8.03 Å². The molecule has 0 fully saturated rings. The molecule has 23 heavy (non-hydrogen) atoms. The number of carbonyl (C=O) groups excluding carboxylic acids is 1. The van der Waals surface area contributed by atoms with E-state index in [2.05, 4.69) is 0 Å². The Morgan fingerprint density at radius 2 is 1.57 bits per heavy atom. The third-order valence-electron chi connectivity index (χ3n) is 3.28. The fraction of sp³-hybridized carbons (Fsp3) is 0.235. The van der Waals surface area contributed by atoms with E-state index in [4.69, 9.17) is 14.0 Å². The molecule has 0 saturated heterocycles. The van der Waals surface area contributed by atoms with Crippen LogP contribution in [0.5, 0.6) is 11.5 Å². The molecule has 0 aliphatic heterocycles. The van der Waals surface area contributed by atoms with Crippen LogP contribution < -0.4 is 14.8 Å². The summed E-state index contributed by atoms with van der Waals surface area (Å²) in [6.07, 6.45) is 0.0972. The first-order valence-electron chi connectivity index (χ1n) is 7.13. The summed E-state index contributed by atoms with van der Waals surface area (Å²) < 4.78 is 27.7. The highest BCUT2D eigenvalue weighted by molar-refractivity contribution is 7.48. The molecule has 0 aliphatic rings. The number of methoxy groups -OCH3 is 2. The van der Waals surface area contributed by atoms with Gasteiger partial charge in [-0.1, -0.05) is 24.3 Å². The van der Waals surface area contributed by atoms with Gasteiger partial charge in [0.2, 0.25) is 8.03 Å². The van der Waals surface area contributed by atoms with Crippen molar-refractivity contribution in [3.8, 4) is 11.5 Å². The van der Waals surface area contributed by atoms with Gasteiger partial charge in [-0.3, -0.25) is 9.36 Å². The Bertz CT molecular complexity index is 662. The van der Waals surface area contributed by atoms with Gasteiger partial charge in [-0.15, -0.1) is 0 Å². The van der Waals surface area contributed by atoms with Gasteiger partial charge in [-0.25, -0.2) is 0 Å². The minimum atomic E-state index is -2.34. The SMILES string of the molecule is COc1cccc(OC)c1C(=O)CCO[PH](=O)c1ccccc1. The lowest BCUT2D eigenvalue weighted by atomic mass is 10.1. The summed E-state index contributed by atoms with van der Waals surface area (Å²) in [5.41, 5.74) is 0.375. The van der Waals surface area contributed by atoms with Crippen LogP contribution in [0, 0.1) is 0 Å². The Morgan fingerprint density at radius 3 is 2.13 bits per heavy atom. The number of Topliss-reactive ketones (excluding diaryl/α,β-unsaturated/α-hetero) is 1. The zero-order chi connectivity index (χ0) is 16.7. The molecule has 5 nitrogen and oxygen atoms in total. The van der Waals surface area contributed by atoms with Crippen molar-refractivity contribution in [1.29, 1.82) is 0 Å². The number of benzene rings is 2. The van der Waals surface area contributed by atoms with Gasteiger partial charge < -0.3 is 14.0 Å². The first kappa shape index (κ1) is 17.3. The summed E-state index contributed by atoms with van der Waals surface area (Å²) >= 11 is 0. The lowest BCUT2D eigenvalue weighted by molar-refractivity contribution is 0.0958. The first-order valence-corrected chi connectivity index (χ1v) is 8.45. The van der Waals surface area contributed by atoms with E-state index in [0.717, 1.165) is 0 Å². The van der Waals surface area contributed by atoms with Crippen molar-refractivity contribution in [2.24, 2.45) is 0 Å². The molecular formula is C17H19O5P. The standard InChI is InChI=1S/C17H19O5P/c1-20-15-9-6-10-16(21-2)17(15)14(18)11-12-22-23(19)13-7-4-3-5-8-13/h3-10,23H,11-12H2,1-2H3. The highest BCUT2D eigenvalue weighted by atomic mass is 31.1. The highest BCUT2D eigenvalue weighted by Crippen LogP contribution is 2.30. The van der Waals surface area contributed by atoms with E-state index in [9.17, 15) is 9.36 Å². The average Bonchev–Trinajstić information content (AvgIpc) is 2.61. The molecule has 0 amide bonds. The third-order valence-corrected chi connectivity index (χ3v) is 4.55. The molecular weight excluding hydrogens is 315 g/mol. The Kier molecular flexibility index (Phi) is 6.39. The smallest absolute Gasteiger partial charge is 0.220 e. The van der Waals surface area contributed by atoms with Crippen molar-refractivity contribution in [2.75, 3.05) is 20.8 Å². The Hall–Kier alpha value is -2.10. The number of carbonyl (C=O) groups is 1. The molecule has 0 aromatic heterocycles. The zero-order valence-electron chi connectivity index (χ0n) is 13.1. The minimum Gasteiger partial charge on any atom is -0.496 e. The van der Waals surface area contributed by atoms with Crippen molar-refractivity contribution in [3.05, 3.63) is 54.1 Å². The predicted octanol–water partition coefficient (Wildman–Crippen LogP) is 3.09. The van der Waals surface area contributed by atoms with Crippen LogP contribution in [0.2, 0.25) is 0 Å². The highest BCUT2D eigenvalue weighted by Gasteiger charge is 2.18. The predicted molar refractivity (Wildman–Crippen MR) is 89.5 cm³/mol. The van der Waals surface area contributed by atoms with E-state index in [-0.39, 0.29) is 18.8 Å². The van der Waals surface area contributed by atoms with Gasteiger partial charge in [-0.2, -0.15) is 0 Å². The zero-order valence-corrected chi connectivity index (χ0v) is 14.1. The number of hydrogen-bond donors (Lipinski definition) is 0. The van der Waals surface area contributed by atoms with Crippen molar-refractivity contribution in [1.82, 2.24) is 0 Å². The summed E-state index contributed by atoms with van der Waals surface area (Å²) in [5.74, 6) is 0.720. The van der Waals surface area contributed by atoms with E-state index in [0.29, 0.717) is 22.4 Å². The molecule has 2 aromatic rings. The molecule has 0 N–H and O–H groups in total. The van der Waals surface area contributed by atoms with E-state index in [1.54, 1.807) is 42.5 Å². The first-order chi connectivity index (χ1) is 11.2. The van der Waals surface area contributed by atoms with E-state index in [1.165, 1.54) is 14.2 Å². The molecule has 0 aliphatic carbocycles. The quantitative estimate of drug-likeness (QED) is 0.548. The molecule has 0 bridgehead atoms. The molecule has 0 heterocycles. The largest absolute Gasteiger partial charge is 0.496 e. The average molecular weight is 334 g/mol. The summed E-state index contributed by atoms with van der Waals surface area (Å²) in [6, 6.07) is 14.1. The third kappa shape index (κ3) is 4.44. The number of hydrogen-bond acceptors (Lipinski definition) is 5. The van der Waals surface area contributed by atoms with Crippen LogP contribution in [0.15, 0.2) is 48.5 Å². The van der Waals surface area contributed by atoms with Crippen LogP contribution in [0.25, 0.3) is 0 Å². The van der Waals surface area contributed by atoms with Crippen LogP contribution in [-0.4, -0.2) is 26.6 Å². The Balaban J connectivity index is 1.99. The van der Waals surface area contributed by atoms with Gasteiger partial charge in [0.15, 0.2) is 5.78 Å². The fourth-order valence-electron chi connectivity index (χ4n) is 2.15. The topological polar surface area (TPSA) is 61.8 Å². The summed E-state index contributed by atoms with van der Waals surface area (Å²) in [5, 5.41) is 0.639. The Morgan fingerprint density at radius 1 is 0.957 bits per heavy atom. The van der Waals surface area contributed by atoms with Gasteiger partial charge in [0, 0.05) is 11.7 Å². The van der Waals surface area contributed by atoms with Crippen LogP contribution in [0.4, 0.5) is 0 Å². The molecule has 2 rings (SSSR count). The molecule has 0 radical (unpaired) electrons. The molecule has 1 unspecified atom stereocenters. The van der Waals surface area contributed by atoms with Crippen LogP contribution in [0.3, 0.4) is 0 Å². The minimum absolute atomic E-state index is 0.0761. The van der Waals surface area contributed by atoms with Crippen molar-refractivity contribution in [2.45, 2.75) is 6.42 Å². The number of ether oxygens (including phenoxy) is 2. The molecule has 0 saturated carbocycles. The monoisotopic (exact) mass is 334 g/mol. The van der Waals surface area contributed by atoms with Crippen LogP contribution in [0.1, 0.15) is 16.8 Å². The maximum atomic E-state index is 12.4. The molecule has 0 spiro atoms. The second-order valence-corrected chi connectivity index (χ2v) is 6.15. The van der Waals surface area contributed by atoms with Gasteiger partial charge >= 0.3 is 0 Å². The van der Waals surface area contributed by atoms with Gasteiger partial charge in [0.05, 0.1) is 20.8 Å². The maximum absolute atomic E-state index is 12.4. The van der Waals surface area contributed by atoms with Gasteiger partial charge in [0.25, 0.3) is 0 Å². The lowest BCUT2D eigenvalue weighted by Gasteiger charge is -2.12. The maximum Gasteiger partial charge on any atom is 0.220 e. The molecule has 2 aromatic carbocycles. The van der Waals surface area contributed by atoms with E-state index in [1.807, 2.05) is 6.07 Å². The van der Waals surface area contributed by atoms with Crippen molar-refractivity contribution < 1.29 is 23.4 Å². The second kappa shape index (κ2) is 8.51. The van der Waals surface area contributed by atoms with E-state index < -0.39 is 8.03 Å². The van der Waals surface area contributed by atoms with Crippen molar-refractivity contribution >= 4 is 19.1 Å². The normalized spacial score (nSPS) is 11.7. The molecule has 122 valence electrons. The summed E-state index contributed by atoms with van der Waals surface area (Å²) in [4.78, 5) is 12.4. The fourth-order valence-corrected chi connectivity index (χ4v) is 3.06. The number of rotatable bonds is 8. The number of ketones is 1. The van der Waals surface area contributed by atoms with Gasteiger partial charge in [-0.05, 0) is 24.3 Å². The second-order valence-electron chi connectivity index (χ2n) is 4.71. The van der Waals surface area contributed by atoms with Gasteiger partial charge in [0.1, 0.15) is 17.1 Å². The van der Waals surface area contributed by atoms with Crippen LogP contribution in [-0.2, 0) is 9.09 Å². The molecule has 1 atom stereocenters. The molecule has 6 heteroatoms. The lowest BCUT2D eigenvalue weighted by Crippen LogP contribution is -2.08.